The molecule has 0 aliphatic rings. The van der Waals surface area contributed by atoms with Gasteiger partial charge in [-0.25, -0.2) is 9.97 Å². The van der Waals surface area contributed by atoms with Gasteiger partial charge in [-0.15, -0.1) is 11.6 Å². The van der Waals surface area contributed by atoms with Crippen molar-refractivity contribution in [3.05, 3.63) is 11.9 Å². The molecule has 0 saturated heterocycles. The van der Waals surface area contributed by atoms with Gasteiger partial charge in [-0.2, -0.15) is 0 Å². The largest absolute Gasteiger partial charge is 0.389 e. The molecular weight excluding hydrogens is 208 g/mol. The first-order chi connectivity index (χ1) is 6.56. The van der Waals surface area contributed by atoms with Gasteiger partial charge in [-0.3, -0.25) is 0 Å². The number of nitrogens with zero attached hydrogens (tertiary/aromatic N) is 2. The number of aromatic nitrogens is 2. The fourth-order valence-electron chi connectivity index (χ4n) is 0.851. The van der Waals surface area contributed by atoms with Crippen molar-refractivity contribution in [2.45, 2.75) is 12.2 Å². The van der Waals surface area contributed by atoms with Crippen molar-refractivity contribution in [1.82, 2.24) is 9.97 Å². The van der Waals surface area contributed by atoms with Crippen molar-refractivity contribution in [3.63, 3.8) is 0 Å². The lowest BCUT2D eigenvalue weighted by atomic mass is 10.2. The number of aliphatic hydroxyl groups is 2. The topological polar surface area (TPSA) is 118 Å². The van der Waals surface area contributed by atoms with Crippen molar-refractivity contribution < 1.29 is 10.2 Å². The normalized spacial score (nSPS) is 15.1. The van der Waals surface area contributed by atoms with Crippen LogP contribution in [0, 0.1) is 0 Å². The molecule has 0 aliphatic heterocycles. The fraction of sp³-hybridized carbons (Fsp3) is 0.429. The van der Waals surface area contributed by atoms with Gasteiger partial charge >= 0.3 is 0 Å². The maximum atomic E-state index is 9.47. The lowest BCUT2D eigenvalue weighted by Gasteiger charge is -2.14. The highest BCUT2D eigenvalue weighted by molar-refractivity contribution is 6.18. The Morgan fingerprint density at radius 2 is 2.00 bits per heavy atom. The maximum absolute atomic E-state index is 9.47. The number of rotatable bonds is 3. The number of anilines is 2. The van der Waals surface area contributed by atoms with Crippen LogP contribution in [0.4, 0.5) is 11.6 Å². The highest BCUT2D eigenvalue weighted by Crippen LogP contribution is 2.17. The van der Waals surface area contributed by atoms with Crippen LogP contribution in [0.3, 0.4) is 0 Å². The third-order valence-electron chi connectivity index (χ3n) is 1.67. The molecule has 1 rings (SSSR count). The van der Waals surface area contributed by atoms with Crippen LogP contribution in [-0.2, 0) is 0 Å². The van der Waals surface area contributed by atoms with E-state index in [1.807, 2.05) is 0 Å². The van der Waals surface area contributed by atoms with Crippen LogP contribution in [0.5, 0.6) is 0 Å². The zero-order valence-electron chi connectivity index (χ0n) is 7.26. The lowest BCUT2D eigenvalue weighted by Crippen LogP contribution is -2.21. The molecule has 14 heavy (non-hydrogen) atoms. The Morgan fingerprint density at radius 3 is 2.50 bits per heavy atom. The molecule has 0 bridgehead atoms. The molecule has 0 radical (unpaired) electrons. The number of halogens is 1. The Balaban J connectivity index is 2.91. The summed E-state index contributed by atoms with van der Waals surface area (Å²) in [5.74, 6) is -0.00253. The number of hydrogen-bond acceptors (Lipinski definition) is 6. The molecule has 0 aromatic carbocycles. The van der Waals surface area contributed by atoms with Gasteiger partial charge in [0.1, 0.15) is 6.10 Å². The van der Waals surface area contributed by atoms with Crippen molar-refractivity contribution in [3.8, 4) is 0 Å². The molecule has 1 heterocycles. The second kappa shape index (κ2) is 4.41. The first-order valence-electron chi connectivity index (χ1n) is 3.86. The highest BCUT2D eigenvalue weighted by atomic mass is 35.5. The van der Waals surface area contributed by atoms with Gasteiger partial charge in [-0.05, 0) is 0 Å². The van der Waals surface area contributed by atoms with Crippen LogP contribution < -0.4 is 11.5 Å². The average molecular weight is 219 g/mol. The molecule has 6 nitrogen and oxygen atoms in total. The van der Waals surface area contributed by atoms with Crippen LogP contribution in [0.25, 0.3) is 0 Å². The molecular formula is C7H11ClN4O2. The van der Waals surface area contributed by atoms with Crippen LogP contribution in [-0.4, -0.2) is 32.2 Å². The summed E-state index contributed by atoms with van der Waals surface area (Å²) in [4.78, 5) is 7.46. The number of hydrogen-bond donors (Lipinski definition) is 4. The third-order valence-corrected chi connectivity index (χ3v) is 1.99. The summed E-state index contributed by atoms with van der Waals surface area (Å²) in [5.41, 5.74) is 10.8. The van der Waals surface area contributed by atoms with Gasteiger partial charge in [0.15, 0.2) is 11.6 Å². The predicted octanol–water partition coefficient (Wildman–Crippen LogP) is -0.726. The molecule has 1 aromatic heterocycles. The number of aliphatic hydroxyl groups excluding tert-OH is 2. The van der Waals surface area contributed by atoms with Gasteiger partial charge in [0.2, 0.25) is 0 Å². The molecule has 2 unspecified atom stereocenters. The second-order valence-electron chi connectivity index (χ2n) is 2.73. The van der Waals surface area contributed by atoms with E-state index in [1.54, 1.807) is 0 Å². The number of alkyl halides is 1. The van der Waals surface area contributed by atoms with Gasteiger partial charge in [0, 0.05) is 0 Å². The zero-order valence-corrected chi connectivity index (χ0v) is 8.02. The summed E-state index contributed by atoms with van der Waals surface area (Å²) in [6.07, 6.45) is -1.07. The standard InChI is InChI=1S/C7H11ClN4O2/c8-1-4(13)5(14)3-2-11-6(9)7(10)12-3/h2,4-5,13-14H,1H2,(H2,9,11)(H2,10,12). The summed E-state index contributed by atoms with van der Waals surface area (Å²) in [6.45, 7) is 0. The third kappa shape index (κ3) is 2.22. The molecule has 0 amide bonds. The van der Waals surface area contributed by atoms with E-state index < -0.39 is 12.2 Å². The predicted molar refractivity (Wildman–Crippen MR) is 52.5 cm³/mol. The van der Waals surface area contributed by atoms with Crippen molar-refractivity contribution in [2.75, 3.05) is 17.3 Å². The average Bonchev–Trinajstić information content (AvgIpc) is 2.20. The molecule has 1 aromatic rings. The van der Waals surface area contributed by atoms with Gasteiger partial charge in [0.25, 0.3) is 0 Å². The lowest BCUT2D eigenvalue weighted by molar-refractivity contribution is 0.0299. The Morgan fingerprint density at radius 1 is 1.36 bits per heavy atom. The van der Waals surface area contributed by atoms with E-state index >= 15 is 0 Å². The smallest absolute Gasteiger partial charge is 0.166 e. The van der Waals surface area contributed by atoms with Crippen LogP contribution in [0.15, 0.2) is 6.20 Å². The minimum absolute atomic E-state index is 0.0170. The minimum Gasteiger partial charge on any atom is -0.389 e. The Hall–Kier alpha value is -1.11. The first kappa shape index (κ1) is 11.0. The van der Waals surface area contributed by atoms with E-state index in [9.17, 15) is 10.2 Å². The molecule has 0 aliphatic carbocycles. The molecule has 0 saturated carbocycles. The Bertz CT molecular complexity index is 323. The van der Waals surface area contributed by atoms with Gasteiger partial charge < -0.3 is 21.7 Å². The summed E-state index contributed by atoms with van der Waals surface area (Å²) < 4.78 is 0. The van der Waals surface area contributed by atoms with Crippen molar-refractivity contribution >= 4 is 23.2 Å². The molecule has 78 valence electrons. The molecule has 7 heteroatoms. The van der Waals surface area contributed by atoms with E-state index in [-0.39, 0.29) is 23.2 Å². The van der Waals surface area contributed by atoms with Gasteiger partial charge in [-0.1, -0.05) is 0 Å². The summed E-state index contributed by atoms with van der Waals surface area (Å²) in [5, 5.41) is 18.7. The van der Waals surface area contributed by atoms with E-state index in [4.69, 9.17) is 23.1 Å². The fourth-order valence-corrected chi connectivity index (χ4v) is 1.02. The molecule has 0 spiro atoms. The first-order valence-corrected chi connectivity index (χ1v) is 4.39. The van der Waals surface area contributed by atoms with E-state index in [2.05, 4.69) is 9.97 Å². The second-order valence-corrected chi connectivity index (χ2v) is 3.04. The molecule has 0 fully saturated rings. The van der Waals surface area contributed by atoms with E-state index in [1.165, 1.54) is 6.20 Å². The maximum Gasteiger partial charge on any atom is 0.166 e. The van der Waals surface area contributed by atoms with E-state index in [0.717, 1.165) is 0 Å². The van der Waals surface area contributed by atoms with Crippen LogP contribution >= 0.6 is 11.6 Å². The highest BCUT2D eigenvalue weighted by Gasteiger charge is 2.19. The molecule has 6 N–H and O–H groups in total. The van der Waals surface area contributed by atoms with Crippen LogP contribution in [0.1, 0.15) is 11.8 Å². The minimum atomic E-state index is -1.21. The quantitative estimate of drug-likeness (QED) is 0.497. The Labute approximate surface area is 85.5 Å². The Kier molecular flexibility index (Phi) is 3.45. The summed E-state index contributed by atoms with van der Waals surface area (Å²) >= 11 is 5.35. The SMILES string of the molecule is Nc1ncc(C(O)C(O)CCl)nc1N. The summed E-state index contributed by atoms with van der Waals surface area (Å²) in [7, 11) is 0. The zero-order chi connectivity index (χ0) is 10.7. The van der Waals surface area contributed by atoms with Gasteiger partial charge in [0.05, 0.1) is 23.9 Å². The monoisotopic (exact) mass is 218 g/mol. The van der Waals surface area contributed by atoms with Crippen molar-refractivity contribution in [2.24, 2.45) is 0 Å². The van der Waals surface area contributed by atoms with Crippen molar-refractivity contribution in [1.29, 1.82) is 0 Å². The molecule has 2 atom stereocenters. The number of nitrogen functional groups attached to an aromatic ring is 2. The summed E-state index contributed by atoms with van der Waals surface area (Å²) in [6, 6.07) is 0. The van der Waals surface area contributed by atoms with Crippen LogP contribution in [0.2, 0.25) is 0 Å². The number of nitrogens with two attached hydrogens (primary N) is 2. The van der Waals surface area contributed by atoms with E-state index in [0.29, 0.717) is 0 Å².